The molecule has 1 N–H and O–H groups in total. The highest BCUT2D eigenvalue weighted by Crippen LogP contribution is 2.21. The number of carbonyl (C=O) groups excluding carboxylic acids is 1. The molecule has 0 unspecified atom stereocenters. The Morgan fingerprint density at radius 2 is 2.15 bits per heavy atom. The van der Waals surface area contributed by atoms with Crippen LogP contribution in [0.5, 0.6) is 0 Å². The van der Waals surface area contributed by atoms with Crippen molar-refractivity contribution in [3.05, 3.63) is 48.4 Å². The average Bonchev–Trinajstić information content (AvgIpc) is 3.35. The number of rotatable bonds is 4. The van der Waals surface area contributed by atoms with E-state index in [2.05, 4.69) is 20.1 Å². The number of carbonyl (C=O) groups is 1. The third kappa shape index (κ3) is 3.41. The summed E-state index contributed by atoms with van der Waals surface area (Å²) < 4.78 is 7.68. The number of aromatic nitrogens is 4. The molecule has 0 aliphatic carbocycles. The summed E-state index contributed by atoms with van der Waals surface area (Å²) in [6, 6.07) is 5.84. The van der Waals surface area contributed by atoms with Gasteiger partial charge in [-0.3, -0.25) is 14.8 Å². The van der Waals surface area contributed by atoms with Crippen LogP contribution < -0.4 is 0 Å². The Balaban J connectivity index is 1.37. The maximum atomic E-state index is 12.7. The van der Waals surface area contributed by atoms with Gasteiger partial charge in [-0.15, -0.1) is 0 Å². The van der Waals surface area contributed by atoms with E-state index in [1.165, 1.54) is 0 Å². The van der Waals surface area contributed by atoms with Gasteiger partial charge in [-0.05, 0) is 24.6 Å². The van der Waals surface area contributed by atoms with Crippen molar-refractivity contribution in [3.63, 3.8) is 0 Å². The Labute approximate surface area is 151 Å². The Kier molecular flexibility index (Phi) is 4.57. The number of hydrogen-bond acceptors (Lipinski definition) is 5. The number of H-pyrrole nitrogens is 1. The summed E-state index contributed by atoms with van der Waals surface area (Å²) in [5.74, 6) is 1.76. The molecule has 3 aromatic heterocycles. The lowest BCUT2D eigenvalue weighted by atomic mass is 10.3. The number of nitrogens with one attached hydrogen (secondary N) is 1. The van der Waals surface area contributed by atoms with Crippen LogP contribution in [0.1, 0.15) is 22.7 Å². The molecule has 1 fully saturated rings. The van der Waals surface area contributed by atoms with E-state index < -0.39 is 0 Å². The molecule has 26 heavy (non-hydrogen) atoms. The van der Waals surface area contributed by atoms with Gasteiger partial charge in [0.15, 0.2) is 5.76 Å². The lowest BCUT2D eigenvalue weighted by Crippen LogP contribution is -2.35. The van der Waals surface area contributed by atoms with Crippen molar-refractivity contribution < 1.29 is 9.21 Å². The molecule has 1 amide bonds. The zero-order valence-electron chi connectivity index (χ0n) is 14.8. The molecule has 8 heteroatoms. The van der Waals surface area contributed by atoms with Gasteiger partial charge in [0.05, 0.1) is 19.1 Å². The number of furan rings is 1. The summed E-state index contributed by atoms with van der Waals surface area (Å²) in [6.45, 7) is 3.97. The van der Waals surface area contributed by atoms with Crippen LogP contribution in [0.15, 0.2) is 41.3 Å². The molecule has 1 saturated heterocycles. The first-order chi connectivity index (χ1) is 12.7. The monoisotopic (exact) mass is 354 g/mol. The van der Waals surface area contributed by atoms with Crippen molar-refractivity contribution in [3.8, 4) is 11.5 Å². The Hall–Kier alpha value is -2.87. The van der Waals surface area contributed by atoms with Crippen LogP contribution in [0, 0.1) is 0 Å². The number of imidazole rings is 1. The lowest BCUT2D eigenvalue weighted by Gasteiger charge is -2.21. The Morgan fingerprint density at radius 1 is 1.23 bits per heavy atom. The van der Waals surface area contributed by atoms with Gasteiger partial charge in [-0.25, -0.2) is 4.98 Å². The van der Waals surface area contributed by atoms with E-state index >= 15 is 0 Å². The first-order valence-electron chi connectivity index (χ1n) is 8.77. The molecule has 4 heterocycles. The summed E-state index contributed by atoms with van der Waals surface area (Å²) in [4.78, 5) is 20.9. The Bertz CT molecular complexity index is 866. The maximum Gasteiger partial charge on any atom is 0.272 e. The molecule has 0 bridgehead atoms. The molecule has 0 aromatic carbocycles. The minimum absolute atomic E-state index is 0.0476. The van der Waals surface area contributed by atoms with E-state index in [0.717, 1.165) is 49.8 Å². The molecular formula is C18H22N6O2. The van der Waals surface area contributed by atoms with Gasteiger partial charge in [-0.1, -0.05) is 0 Å². The van der Waals surface area contributed by atoms with Crippen molar-refractivity contribution in [2.45, 2.75) is 13.0 Å². The zero-order valence-corrected chi connectivity index (χ0v) is 14.8. The molecule has 8 nitrogen and oxygen atoms in total. The van der Waals surface area contributed by atoms with Crippen molar-refractivity contribution in [1.82, 2.24) is 29.5 Å². The smallest absolute Gasteiger partial charge is 0.272 e. The molecule has 136 valence electrons. The van der Waals surface area contributed by atoms with Crippen LogP contribution in [0.4, 0.5) is 0 Å². The van der Waals surface area contributed by atoms with Crippen LogP contribution in [0.2, 0.25) is 0 Å². The number of aromatic amines is 1. The van der Waals surface area contributed by atoms with E-state index in [-0.39, 0.29) is 5.91 Å². The molecule has 3 aromatic rings. The first-order valence-corrected chi connectivity index (χ1v) is 8.77. The minimum atomic E-state index is 0.0476. The van der Waals surface area contributed by atoms with E-state index in [0.29, 0.717) is 12.2 Å². The van der Waals surface area contributed by atoms with Crippen LogP contribution in [0.3, 0.4) is 0 Å². The van der Waals surface area contributed by atoms with Gasteiger partial charge in [-0.2, -0.15) is 5.10 Å². The van der Waals surface area contributed by atoms with Crippen LogP contribution in [-0.4, -0.2) is 61.6 Å². The summed E-state index contributed by atoms with van der Waals surface area (Å²) in [5, 5.41) is 6.86. The summed E-state index contributed by atoms with van der Waals surface area (Å²) >= 11 is 0. The second-order valence-electron chi connectivity index (χ2n) is 6.55. The standard InChI is InChI=1S/C18H22N6O2/c1-22-13-19-11-16(22)18(25)24-8-2-7-23(9-10-24)12-14-3-4-17(26-14)15-5-6-20-21-15/h3-6,11,13H,2,7-10,12H2,1H3,(H,20,21). The fraction of sp³-hybridized carbons (Fsp3) is 0.389. The second kappa shape index (κ2) is 7.17. The highest BCUT2D eigenvalue weighted by Gasteiger charge is 2.22. The van der Waals surface area contributed by atoms with E-state index in [1.54, 1.807) is 23.3 Å². The number of aryl methyl sites for hydroxylation is 1. The highest BCUT2D eigenvalue weighted by atomic mass is 16.3. The van der Waals surface area contributed by atoms with E-state index in [1.807, 2.05) is 30.1 Å². The van der Waals surface area contributed by atoms with Crippen molar-refractivity contribution in [1.29, 1.82) is 0 Å². The predicted molar refractivity (Wildman–Crippen MR) is 95.3 cm³/mol. The fourth-order valence-corrected chi connectivity index (χ4v) is 3.28. The number of nitrogens with zero attached hydrogens (tertiary/aromatic N) is 5. The molecule has 0 saturated carbocycles. The molecule has 1 aliphatic rings. The third-order valence-electron chi connectivity index (χ3n) is 4.72. The zero-order chi connectivity index (χ0) is 17.9. The highest BCUT2D eigenvalue weighted by molar-refractivity contribution is 5.92. The van der Waals surface area contributed by atoms with Gasteiger partial charge >= 0.3 is 0 Å². The van der Waals surface area contributed by atoms with Gasteiger partial charge < -0.3 is 13.9 Å². The lowest BCUT2D eigenvalue weighted by molar-refractivity contribution is 0.0751. The van der Waals surface area contributed by atoms with E-state index in [4.69, 9.17) is 4.42 Å². The molecular weight excluding hydrogens is 332 g/mol. The van der Waals surface area contributed by atoms with Crippen LogP contribution >= 0.6 is 0 Å². The molecule has 1 aliphatic heterocycles. The van der Waals surface area contributed by atoms with Crippen LogP contribution in [-0.2, 0) is 13.6 Å². The minimum Gasteiger partial charge on any atom is -0.458 e. The molecule has 0 atom stereocenters. The number of hydrogen-bond donors (Lipinski definition) is 1. The average molecular weight is 354 g/mol. The Morgan fingerprint density at radius 3 is 2.92 bits per heavy atom. The predicted octanol–water partition coefficient (Wildman–Crippen LogP) is 1.75. The van der Waals surface area contributed by atoms with Gasteiger partial charge in [0.2, 0.25) is 0 Å². The van der Waals surface area contributed by atoms with Gasteiger partial charge in [0.25, 0.3) is 5.91 Å². The van der Waals surface area contributed by atoms with Crippen molar-refractivity contribution in [2.24, 2.45) is 7.05 Å². The summed E-state index contributed by atoms with van der Waals surface area (Å²) in [6.07, 6.45) is 5.94. The van der Waals surface area contributed by atoms with E-state index in [9.17, 15) is 4.79 Å². The van der Waals surface area contributed by atoms with Crippen molar-refractivity contribution in [2.75, 3.05) is 26.2 Å². The quantitative estimate of drug-likeness (QED) is 0.772. The molecule has 0 radical (unpaired) electrons. The second-order valence-corrected chi connectivity index (χ2v) is 6.55. The number of amides is 1. The first kappa shape index (κ1) is 16.6. The maximum absolute atomic E-state index is 12.7. The largest absolute Gasteiger partial charge is 0.458 e. The van der Waals surface area contributed by atoms with Crippen LogP contribution in [0.25, 0.3) is 11.5 Å². The fourth-order valence-electron chi connectivity index (χ4n) is 3.28. The van der Waals surface area contributed by atoms with Gasteiger partial charge in [0, 0.05) is 39.4 Å². The summed E-state index contributed by atoms with van der Waals surface area (Å²) in [7, 11) is 1.85. The van der Waals surface area contributed by atoms with Gasteiger partial charge in [0.1, 0.15) is 17.1 Å². The van der Waals surface area contributed by atoms with Crippen molar-refractivity contribution >= 4 is 5.91 Å². The normalized spacial score (nSPS) is 16.0. The molecule has 0 spiro atoms. The molecule has 4 rings (SSSR count). The SMILES string of the molecule is Cn1cncc1C(=O)N1CCCN(Cc2ccc(-c3ccn[nH]3)o2)CC1. The summed E-state index contributed by atoms with van der Waals surface area (Å²) in [5.41, 5.74) is 1.51. The topological polar surface area (TPSA) is 83.2 Å². The third-order valence-corrected chi connectivity index (χ3v) is 4.72.